The number of fused-ring (bicyclic) bond motifs is 1. The zero-order chi connectivity index (χ0) is 18.7. The fourth-order valence-electron chi connectivity index (χ4n) is 2.54. The highest BCUT2D eigenvalue weighted by atomic mass is 32.2. The van der Waals surface area contributed by atoms with Crippen molar-refractivity contribution in [2.45, 2.75) is 38.2 Å². The van der Waals surface area contributed by atoms with Gasteiger partial charge < -0.3 is 9.72 Å². The number of thioether (sulfide) groups is 1. The third kappa shape index (κ3) is 4.16. The fraction of sp³-hybridized carbons (Fsp3) is 0.316. The number of aryl methyl sites for hydroxylation is 2. The van der Waals surface area contributed by atoms with Crippen LogP contribution in [-0.4, -0.2) is 21.7 Å². The van der Waals surface area contributed by atoms with Crippen LogP contribution < -0.4 is 5.56 Å². The van der Waals surface area contributed by atoms with Gasteiger partial charge in [0.05, 0.1) is 11.8 Å². The average Bonchev–Trinajstić information content (AvgIpc) is 2.90. The number of aromatic amines is 1. The Morgan fingerprint density at radius 3 is 2.77 bits per heavy atom. The van der Waals surface area contributed by atoms with Crippen molar-refractivity contribution in [3.8, 4) is 0 Å². The van der Waals surface area contributed by atoms with Crippen LogP contribution in [-0.2, 0) is 9.53 Å². The lowest BCUT2D eigenvalue weighted by Crippen LogP contribution is -2.17. The van der Waals surface area contributed by atoms with Crippen LogP contribution in [0.4, 0.5) is 0 Å². The molecule has 0 aliphatic heterocycles. The molecule has 0 aliphatic carbocycles. The second kappa shape index (κ2) is 8.05. The first-order chi connectivity index (χ1) is 12.5. The largest absolute Gasteiger partial charge is 0.454 e. The van der Waals surface area contributed by atoms with E-state index < -0.39 is 6.10 Å². The first-order valence-electron chi connectivity index (χ1n) is 8.33. The fourth-order valence-corrected chi connectivity index (χ4v) is 4.44. The molecule has 1 N–H and O–H groups in total. The number of thiophene rings is 1. The standard InChI is InChI=1S/C19H20N2O3S2/c1-11-13(3)26-19-16(11)18(23)20-17(21-19)12(2)24-15(22)9-10-25-14-7-5-4-6-8-14/h4-8,12H,9-10H2,1-3H3,(H,20,21,23)/t12-/m1/s1. The molecule has 3 rings (SSSR count). The molecular weight excluding hydrogens is 368 g/mol. The molecular formula is C19H20N2O3S2. The molecule has 0 bridgehead atoms. The molecule has 0 saturated heterocycles. The summed E-state index contributed by atoms with van der Waals surface area (Å²) in [6.07, 6.45) is -0.294. The van der Waals surface area contributed by atoms with E-state index in [-0.39, 0.29) is 11.5 Å². The zero-order valence-electron chi connectivity index (χ0n) is 14.9. The van der Waals surface area contributed by atoms with Gasteiger partial charge in [0.25, 0.3) is 5.56 Å². The van der Waals surface area contributed by atoms with E-state index in [1.807, 2.05) is 44.2 Å². The minimum Gasteiger partial charge on any atom is -0.454 e. The van der Waals surface area contributed by atoms with E-state index in [9.17, 15) is 9.59 Å². The van der Waals surface area contributed by atoms with Gasteiger partial charge in [-0.15, -0.1) is 23.1 Å². The summed E-state index contributed by atoms with van der Waals surface area (Å²) in [4.78, 5) is 34.5. The lowest BCUT2D eigenvalue weighted by Gasteiger charge is -2.12. The van der Waals surface area contributed by atoms with Crippen molar-refractivity contribution in [2.24, 2.45) is 0 Å². The maximum Gasteiger partial charge on any atom is 0.307 e. The number of H-pyrrole nitrogens is 1. The number of hydrogen-bond acceptors (Lipinski definition) is 6. The Hall–Kier alpha value is -2.12. The molecule has 0 fully saturated rings. The van der Waals surface area contributed by atoms with Gasteiger partial charge in [0.15, 0.2) is 11.9 Å². The van der Waals surface area contributed by atoms with Crippen molar-refractivity contribution in [3.05, 3.63) is 57.0 Å². The third-order valence-corrected chi connectivity index (χ3v) is 6.18. The van der Waals surface area contributed by atoms with Crippen molar-refractivity contribution < 1.29 is 9.53 Å². The molecule has 0 amide bonds. The molecule has 3 aromatic rings. The van der Waals surface area contributed by atoms with Crippen molar-refractivity contribution in [1.82, 2.24) is 9.97 Å². The number of esters is 1. The minimum atomic E-state index is -0.593. The average molecular weight is 389 g/mol. The Morgan fingerprint density at radius 1 is 1.31 bits per heavy atom. The lowest BCUT2D eigenvalue weighted by atomic mass is 10.2. The molecule has 2 heterocycles. The summed E-state index contributed by atoms with van der Waals surface area (Å²) in [6.45, 7) is 5.60. The molecule has 0 unspecified atom stereocenters. The quantitative estimate of drug-likeness (QED) is 0.501. The number of nitrogens with zero attached hydrogens (tertiary/aromatic N) is 1. The van der Waals surface area contributed by atoms with Gasteiger partial charge in [0.1, 0.15) is 4.83 Å². The molecule has 2 aromatic heterocycles. The summed E-state index contributed by atoms with van der Waals surface area (Å²) in [5.41, 5.74) is 0.766. The van der Waals surface area contributed by atoms with Crippen LogP contribution in [0.5, 0.6) is 0 Å². The van der Waals surface area contributed by atoms with Gasteiger partial charge in [0, 0.05) is 15.5 Å². The molecule has 0 aliphatic rings. The van der Waals surface area contributed by atoms with E-state index in [1.165, 1.54) is 11.3 Å². The summed E-state index contributed by atoms with van der Waals surface area (Å²) < 4.78 is 5.44. The van der Waals surface area contributed by atoms with Gasteiger partial charge in [-0.2, -0.15) is 0 Å². The summed E-state index contributed by atoms with van der Waals surface area (Å²) in [5, 5.41) is 0.619. The van der Waals surface area contributed by atoms with Crippen molar-refractivity contribution in [1.29, 1.82) is 0 Å². The zero-order valence-corrected chi connectivity index (χ0v) is 16.5. The second-order valence-corrected chi connectivity index (χ2v) is 8.33. The Labute approximate surface area is 159 Å². The summed E-state index contributed by atoms with van der Waals surface area (Å²) in [7, 11) is 0. The van der Waals surface area contributed by atoms with Gasteiger partial charge in [-0.1, -0.05) is 18.2 Å². The van der Waals surface area contributed by atoms with Gasteiger partial charge >= 0.3 is 5.97 Å². The Kier molecular flexibility index (Phi) is 5.78. The van der Waals surface area contributed by atoms with E-state index in [2.05, 4.69) is 9.97 Å². The maximum atomic E-state index is 12.3. The van der Waals surface area contributed by atoms with Crippen LogP contribution in [0.2, 0.25) is 0 Å². The van der Waals surface area contributed by atoms with E-state index in [0.29, 0.717) is 28.2 Å². The number of nitrogens with one attached hydrogen (secondary N) is 1. The van der Waals surface area contributed by atoms with E-state index in [1.54, 1.807) is 18.7 Å². The summed E-state index contributed by atoms with van der Waals surface area (Å²) >= 11 is 3.09. The highest BCUT2D eigenvalue weighted by Crippen LogP contribution is 2.27. The normalized spacial score (nSPS) is 12.3. The number of benzene rings is 1. The van der Waals surface area contributed by atoms with Crippen LogP contribution in [0, 0.1) is 13.8 Å². The second-order valence-electron chi connectivity index (χ2n) is 5.96. The van der Waals surface area contributed by atoms with Gasteiger partial charge in [-0.3, -0.25) is 9.59 Å². The number of aromatic nitrogens is 2. The van der Waals surface area contributed by atoms with Crippen LogP contribution >= 0.6 is 23.1 Å². The highest BCUT2D eigenvalue weighted by Gasteiger charge is 2.18. The smallest absolute Gasteiger partial charge is 0.307 e. The Morgan fingerprint density at radius 2 is 2.04 bits per heavy atom. The molecule has 26 heavy (non-hydrogen) atoms. The number of hydrogen-bond donors (Lipinski definition) is 1. The number of rotatable bonds is 6. The molecule has 5 nitrogen and oxygen atoms in total. The van der Waals surface area contributed by atoms with E-state index >= 15 is 0 Å². The third-order valence-electron chi connectivity index (χ3n) is 4.07. The highest BCUT2D eigenvalue weighted by molar-refractivity contribution is 7.99. The molecule has 1 aromatic carbocycles. The predicted molar refractivity (Wildman–Crippen MR) is 106 cm³/mol. The molecule has 0 radical (unpaired) electrons. The summed E-state index contributed by atoms with van der Waals surface area (Å²) in [6, 6.07) is 9.91. The van der Waals surface area contributed by atoms with Crippen LogP contribution in [0.15, 0.2) is 40.0 Å². The van der Waals surface area contributed by atoms with Crippen molar-refractivity contribution >= 4 is 39.3 Å². The molecule has 1 atom stereocenters. The molecule has 7 heteroatoms. The van der Waals surface area contributed by atoms with Crippen LogP contribution in [0.3, 0.4) is 0 Å². The van der Waals surface area contributed by atoms with Crippen LogP contribution in [0.1, 0.15) is 35.7 Å². The van der Waals surface area contributed by atoms with Crippen molar-refractivity contribution in [2.75, 3.05) is 5.75 Å². The minimum absolute atomic E-state index is 0.186. The number of carbonyl (C=O) groups is 1. The lowest BCUT2D eigenvalue weighted by molar-refractivity contribution is -0.148. The van der Waals surface area contributed by atoms with Crippen molar-refractivity contribution in [3.63, 3.8) is 0 Å². The van der Waals surface area contributed by atoms with Gasteiger partial charge in [-0.05, 0) is 38.5 Å². The first kappa shape index (κ1) is 18.7. The van der Waals surface area contributed by atoms with Gasteiger partial charge in [0.2, 0.25) is 0 Å². The van der Waals surface area contributed by atoms with E-state index in [0.717, 1.165) is 15.3 Å². The maximum absolute atomic E-state index is 12.3. The Bertz CT molecular complexity index is 980. The predicted octanol–water partition coefficient (Wildman–Crippen LogP) is 4.39. The van der Waals surface area contributed by atoms with Crippen LogP contribution in [0.25, 0.3) is 10.2 Å². The molecule has 0 spiro atoms. The molecule has 0 saturated carbocycles. The topological polar surface area (TPSA) is 72.0 Å². The summed E-state index contributed by atoms with van der Waals surface area (Å²) in [5.74, 6) is 0.719. The first-order valence-corrected chi connectivity index (χ1v) is 10.1. The SMILES string of the molecule is Cc1sc2nc([C@@H](C)OC(=O)CCSc3ccccc3)[nH]c(=O)c2c1C. The number of carbonyl (C=O) groups excluding carboxylic acids is 1. The monoisotopic (exact) mass is 388 g/mol. The molecule has 136 valence electrons. The Balaban J connectivity index is 1.62. The van der Waals surface area contributed by atoms with Gasteiger partial charge in [-0.25, -0.2) is 4.98 Å². The van der Waals surface area contributed by atoms with E-state index in [4.69, 9.17) is 4.74 Å². The number of ether oxygens (including phenoxy) is 1.